The quantitative estimate of drug-likeness (QED) is 0.314. The summed E-state index contributed by atoms with van der Waals surface area (Å²) in [6.45, 7) is 1.91. The lowest BCUT2D eigenvalue weighted by molar-refractivity contribution is -0.130. The maximum absolute atomic E-state index is 12.8. The van der Waals surface area contributed by atoms with E-state index in [2.05, 4.69) is 15.8 Å². The molecule has 0 unspecified atom stereocenters. The van der Waals surface area contributed by atoms with E-state index in [1.807, 2.05) is 19.1 Å². The largest absolute Gasteiger partial charge is 0.508 e. The zero-order valence-electron chi connectivity index (χ0n) is 14.7. The molecule has 1 saturated heterocycles. The van der Waals surface area contributed by atoms with Gasteiger partial charge in [0.25, 0.3) is 11.8 Å². The molecule has 3 N–H and O–H groups in total. The third-order valence-electron chi connectivity index (χ3n) is 4.01. The third kappa shape index (κ3) is 4.04. The zero-order valence-corrected chi connectivity index (χ0v) is 15.6. The van der Waals surface area contributed by atoms with Crippen LogP contribution in [-0.2, 0) is 9.59 Å². The molecule has 1 fully saturated rings. The first kappa shape index (κ1) is 19.2. The first-order valence-corrected chi connectivity index (χ1v) is 8.65. The molecule has 0 aliphatic carbocycles. The topological polar surface area (TPSA) is 111 Å². The molecule has 1 atom stereocenters. The highest BCUT2D eigenvalue weighted by Crippen LogP contribution is 2.20. The van der Waals surface area contributed by atoms with Crippen molar-refractivity contribution >= 4 is 47.0 Å². The number of phenolic OH excluding ortho intramolecular Hbond substituents is 1. The molecule has 142 valence electrons. The van der Waals surface area contributed by atoms with Crippen molar-refractivity contribution in [2.24, 2.45) is 11.0 Å². The number of amides is 3. The highest BCUT2D eigenvalue weighted by Gasteiger charge is 2.38. The molecule has 1 aliphatic rings. The van der Waals surface area contributed by atoms with Gasteiger partial charge in [0.05, 0.1) is 5.69 Å². The number of nitrogens with one attached hydrogen (secondary N) is 2. The number of nitrogens with zero attached hydrogens (tertiary/aromatic N) is 2. The average Bonchev–Trinajstić information content (AvgIpc) is 2.66. The fraction of sp³-hybridized carbons (Fsp3) is 0.105. The van der Waals surface area contributed by atoms with Crippen LogP contribution >= 0.6 is 12.2 Å². The van der Waals surface area contributed by atoms with Gasteiger partial charge in [0.15, 0.2) is 11.0 Å². The summed E-state index contributed by atoms with van der Waals surface area (Å²) < 4.78 is 0. The SMILES string of the molecule is Cc1ccc(N2C(=O)[C@H](/C=N/NC(=O)c3ccc(O)cc3)C(=O)NC2=S)cc1. The van der Waals surface area contributed by atoms with Crippen molar-refractivity contribution in [2.45, 2.75) is 6.92 Å². The average molecular weight is 396 g/mol. The Balaban J connectivity index is 1.74. The number of rotatable bonds is 4. The van der Waals surface area contributed by atoms with Gasteiger partial charge in [0, 0.05) is 11.8 Å². The van der Waals surface area contributed by atoms with Crippen LogP contribution in [0.5, 0.6) is 5.75 Å². The van der Waals surface area contributed by atoms with Crippen molar-refractivity contribution in [3.63, 3.8) is 0 Å². The van der Waals surface area contributed by atoms with Gasteiger partial charge in [0.1, 0.15) is 5.75 Å². The second kappa shape index (κ2) is 7.97. The number of aromatic hydroxyl groups is 1. The second-order valence-corrected chi connectivity index (χ2v) is 6.43. The molecule has 8 nitrogen and oxygen atoms in total. The Morgan fingerprint density at radius 1 is 1.18 bits per heavy atom. The Bertz CT molecular complexity index is 970. The number of phenols is 1. The third-order valence-corrected chi connectivity index (χ3v) is 4.30. The summed E-state index contributed by atoms with van der Waals surface area (Å²) in [4.78, 5) is 38.1. The molecular formula is C19H16N4O4S. The first-order valence-electron chi connectivity index (χ1n) is 8.25. The van der Waals surface area contributed by atoms with Crippen LogP contribution in [0.15, 0.2) is 53.6 Å². The van der Waals surface area contributed by atoms with E-state index in [1.165, 1.54) is 29.2 Å². The maximum atomic E-state index is 12.8. The molecule has 2 aromatic carbocycles. The molecule has 0 saturated carbocycles. The van der Waals surface area contributed by atoms with E-state index in [0.29, 0.717) is 5.69 Å². The molecule has 1 heterocycles. The van der Waals surface area contributed by atoms with E-state index in [1.54, 1.807) is 12.1 Å². The smallest absolute Gasteiger partial charge is 0.271 e. The summed E-state index contributed by atoms with van der Waals surface area (Å²) in [6.07, 6.45) is 1.05. The predicted molar refractivity (Wildman–Crippen MR) is 107 cm³/mol. The Morgan fingerprint density at radius 2 is 1.82 bits per heavy atom. The van der Waals surface area contributed by atoms with Crippen molar-refractivity contribution in [3.05, 3.63) is 59.7 Å². The minimum atomic E-state index is -1.24. The van der Waals surface area contributed by atoms with Crippen LogP contribution in [0.2, 0.25) is 0 Å². The molecule has 28 heavy (non-hydrogen) atoms. The summed E-state index contributed by atoms with van der Waals surface area (Å²) in [5.74, 6) is -2.96. The number of thiocarbonyl (C=S) groups is 1. The number of carbonyl (C=O) groups is 3. The van der Waals surface area contributed by atoms with Crippen molar-refractivity contribution in [1.82, 2.24) is 10.7 Å². The lowest BCUT2D eigenvalue weighted by Gasteiger charge is -2.30. The minimum Gasteiger partial charge on any atom is -0.508 e. The lowest BCUT2D eigenvalue weighted by Crippen LogP contribution is -2.58. The predicted octanol–water partition coefficient (Wildman–Crippen LogP) is 1.48. The number of hydrogen-bond acceptors (Lipinski definition) is 6. The molecule has 0 radical (unpaired) electrons. The summed E-state index contributed by atoms with van der Waals surface area (Å²) in [6, 6.07) is 12.6. The van der Waals surface area contributed by atoms with E-state index in [4.69, 9.17) is 12.2 Å². The molecule has 0 spiro atoms. The number of hydrazone groups is 1. The second-order valence-electron chi connectivity index (χ2n) is 6.05. The molecule has 3 rings (SSSR count). The van der Waals surface area contributed by atoms with Crippen LogP contribution in [0.25, 0.3) is 0 Å². The molecular weight excluding hydrogens is 380 g/mol. The van der Waals surface area contributed by atoms with Crippen LogP contribution in [0.1, 0.15) is 15.9 Å². The number of hydrogen-bond donors (Lipinski definition) is 3. The van der Waals surface area contributed by atoms with Crippen molar-refractivity contribution in [3.8, 4) is 5.75 Å². The van der Waals surface area contributed by atoms with Crippen molar-refractivity contribution in [2.75, 3.05) is 4.90 Å². The van der Waals surface area contributed by atoms with Gasteiger partial charge < -0.3 is 10.4 Å². The molecule has 0 aromatic heterocycles. The number of carbonyl (C=O) groups excluding carboxylic acids is 3. The Hall–Kier alpha value is -3.59. The van der Waals surface area contributed by atoms with Gasteiger partial charge in [-0.3, -0.25) is 19.3 Å². The van der Waals surface area contributed by atoms with Crippen LogP contribution in [0, 0.1) is 12.8 Å². The van der Waals surface area contributed by atoms with Crippen molar-refractivity contribution < 1.29 is 19.5 Å². The van der Waals surface area contributed by atoms with Gasteiger partial charge in [-0.2, -0.15) is 5.10 Å². The van der Waals surface area contributed by atoms with Crippen LogP contribution < -0.4 is 15.6 Å². The van der Waals surface area contributed by atoms with Crippen LogP contribution in [-0.4, -0.2) is 34.2 Å². The van der Waals surface area contributed by atoms with E-state index < -0.39 is 23.6 Å². The molecule has 0 bridgehead atoms. The van der Waals surface area contributed by atoms with E-state index in [-0.39, 0.29) is 16.4 Å². The van der Waals surface area contributed by atoms with Crippen LogP contribution in [0.3, 0.4) is 0 Å². The number of aryl methyl sites for hydroxylation is 1. The fourth-order valence-electron chi connectivity index (χ4n) is 2.51. The zero-order chi connectivity index (χ0) is 20.3. The van der Waals surface area contributed by atoms with Gasteiger partial charge in [0.2, 0.25) is 5.91 Å². The molecule has 9 heteroatoms. The summed E-state index contributed by atoms with van der Waals surface area (Å²) in [5.41, 5.74) is 4.04. The van der Waals surface area contributed by atoms with Crippen LogP contribution in [0.4, 0.5) is 5.69 Å². The summed E-state index contributed by atoms with van der Waals surface area (Å²) in [7, 11) is 0. The first-order chi connectivity index (χ1) is 13.4. The summed E-state index contributed by atoms with van der Waals surface area (Å²) >= 11 is 5.12. The number of anilines is 1. The number of benzene rings is 2. The highest BCUT2D eigenvalue weighted by atomic mass is 32.1. The maximum Gasteiger partial charge on any atom is 0.271 e. The van der Waals surface area contributed by atoms with Gasteiger partial charge in [-0.05, 0) is 55.5 Å². The van der Waals surface area contributed by atoms with Gasteiger partial charge >= 0.3 is 0 Å². The van der Waals surface area contributed by atoms with Gasteiger partial charge in [-0.25, -0.2) is 5.43 Å². The molecule has 2 aromatic rings. The Labute approximate surface area is 165 Å². The van der Waals surface area contributed by atoms with Crippen molar-refractivity contribution in [1.29, 1.82) is 0 Å². The van der Waals surface area contributed by atoms with E-state index >= 15 is 0 Å². The monoisotopic (exact) mass is 396 g/mol. The molecule has 1 aliphatic heterocycles. The normalized spacial score (nSPS) is 17.0. The van der Waals surface area contributed by atoms with Gasteiger partial charge in [-0.1, -0.05) is 17.7 Å². The highest BCUT2D eigenvalue weighted by molar-refractivity contribution is 7.80. The fourth-order valence-corrected chi connectivity index (χ4v) is 2.80. The minimum absolute atomic E-state index is 0.0170. The van der Waals surface area contributed by atoms with Gasteiger partial charge in [-0.15, -0.1) is 0 Å². The van der Waals surface area contributed by atoms with E-state index in [0.717, 1.165) is 11.8 Å². The summed E-state index contributed by atoms with van der Waals surface area (Å²) in [5, 5.41) is 15.4. The lowest BCUT2D eigenvalue weighted by atomic mass is 10.1. The Morgan fingerprint density at radius 3 is 2.46 bits per heavy atom. The van der Waals surface area contributed by atoms with E-state index in [9.17, 15) is 19.5 Å². The molecule has 3 amide bonds. The standard InChI is InChI=1S/C19H16N4O4S/c1-11-2-6-13(7-3-11)23-18(27)15(17(26)21-19(23)28)10-20-22-16(25)12-4-8-14(24)9-5-12/h2-10,15,24H,1H3,(H,22,25)(H,21,26,28)/b20-10+/t15-/m1/s1. The Kier molecular flexibility index (Phi) is 5.46.